The van der Waals surface area contributed by atoms with Crippen molar-refractivity contribution in [2.45, 2.75) is 20.8 Å². The monoisotopic (exact) mass is 375 g/mol. The molecule has 4 rings (SSSR count). The van der Waals surface area contributed by atoms with E-state index in [0.717, 1.165) is 27.4 Å². The van der Waals surface area contributed by atoms with E-state index in [4.69, 9.17) is 10.4 Å². The minimum atomic E-state index is 0.200. The Morgan fingerprint density at radius 3 is 2.48 bits per heavy atom. The van der Waals surface area contributed by atoms with E-state index in [9.17, 15) is 5.11 Å². The highest BCUT2D eigenvalue weighted by Crippen LogP contribution is 2.36. The second-order valence-corrected chi connectivity index (χ2v) is 8.09. The molecule has 1 aliphatic heterocycles. The first-order valence-electron chi connectivity index (χ1n) is 8.84. The number of aromatic nitrogens is 1. The average molecular weight is 375 g/mol. The highest BCUT2D eigenvalue weighted by molar-refractivity contribution is 7.13. The SMILES string of the molecule is Cc1ccc(-c2nc(C3=C(O)CN(c4cccc(C)c4)C3=N)sc2C)cc1. The van der Waals surface area contributed by atoms with Gasteiger partial charge in [0.1, 0.15) is 16.6 Å². The summed E-state index contributed by atoms with van der Waals surface area (Å²) < 4.78 is 0. The molecule has 3 aromatic rings. The molecule has 2 N–H and O–H groups in total. The summed E-state index contributed by atoms with van der Waals surface area (Å²) in [4.78, 5) is 7.67. The van der Waals surface area contributed by atoms with E-state index < -0.39 is 0 Å². The number of aliphatic hydroxyl groups excluding tert-OH is 1. The summed E-state index contributed by atoms with van der Waals surface area (Å²) in [7, 11) is 0. The Hall–Kier alpha value is -2.92. The minimum absolute atomic E-state index is 0.200. The number of nitrogens with zero attached hydrogens (tertiary/aromatic N) is 2. The molecule has 0 unspecified atom stereocenters. The summed E-state index contributed by atoms with van der Waals surface area (Å²) in [6.45, 7) is 6.42. The van der Waals surface area contributed by atoms with Crippen LogP contribution in [0, 0.1) is 26.2 Å². The molecule has 2 aromatic carbocycles. The van der Waals surface area contributed by atoms with Crippen LogP contribution in [-0.4, -0.2) is 22.5 Å². The van der Waals surface area contributed by atoms with Crippen molar-refractivity contribution in [2.75, 3.05) is 11.4 Å². The first-order chi connectivity index (χ1) is 12.9. The van der Waals surface area contributed by atoms with Gasteiger partial charge in [0.2, 0.25) is 0 Å². The molecule has 4 nitrogen and oxygen atoms in total. The lowest BCUT2D eigenvalue weighted by molar-refractivity contribution is 0.411. The Morgan fingerprint density at radius 1 is 1.04 bits per heavy atom. The van der Waals surface area contributed by atoms with Crippen molar-refractivity contribution in [3.8, 4) is 11.3 Å². The summed E-state index contributed by atoms with van der Waals surface area (Å²) in [5, 5.41) is 19.9. The van der Waals surface area contributed by atoms with Crippen molar-refractivity contribution in [1.82, 2.24) is 4.98 Å². The van der Waals surface area contributed by atoms with Crippen LogP contribution in [0.25, 0.3) is 16.8 Å². The molecule has 27 heavy (non-hydrogen) atoms. The Balaban J connectivity index is 1.69. The molecule has 0 fully saturated rings. The van der Waals surface area contributed by atoms with Crippen LogP contribution in [0.5, 0.6) is 0 Å². The summed E-state index contributed by atoms with van der Waals surface area (Å²) in [6.07, 6.45) is 0. The van der Waals surface area contributed by atoms with Gasteiger partial charge in [-0.2, -0.15) is 0 Å². The maximum absolute atomic E-state index is 10.6. The lowest BCUT2D eigenvalue weighted by Crippen LogP contribution is -2.26. The van der Waals surface area contributed by atoms with Crippen LogP contribution in [-0.2, 0) is 0 Å². The van der Waals surface area contributed by atoms with Gasteiger partial charge in [0.15, 0.2) is 0 Å². The van der Waals surface area contributed by atoms with Gasteiger partial charge in [0, 0.05) is 16.1 Å². The number of nitrogens with one attached hydrogen (secondary N) is 1. The van der Waals surface area contributed by atoms with Gasteiger partial charge in [-0.15, -0.1) is 11.3 Å². The summed E-state index contributed by atoms with van der Waals surface area (Å²) in [5.74, 6) is 0.494. The number of hydrogen-bond donors (Lipinski definition) is 2. The quantitative estimate of drug-likeness (QED) is 0.635. The fourth-order valence-corrected chi connectivity index (χ4v) is 4.31. The topological polar surface area (TPSA) is 60.2 Å². The van der Waals surface area contributed by atoms with Crippen LogP contribution >= 0.6 is 11.3 Å². The van der Waals surface area contributed by atoms with E-state index in [1.165, 1.54) is 16.9 Å². The van der Waals surface area contributed by atoms with Crippen LogP contribution in [0.4, 0.5) is 5.69 Å². The molecule has 136 valence electrons. The Kier molecular flexibility index (Phi) is 4.32. The number of aliphatic hydroxyl groups is 1. The lowest BCUT2D eigenvalue weighted by atomic mass is 10.1. The van der Waals surface area contributed by atoms with E-state index in [2.05, 4.69) is 31.2 Å². The molecule has 2 heterocycles. The zero-order chi connectivity index (χ0) is 19.1. The van der Waals surface area contributed by atoms with Crippen molar-refractivity contribution in [1.29, 1.82) is 5.41 Å². The lowest BCUT2D eigenvalue weighted by Gasteiger charge is -2.19. The van der Waals surface area contributed by atoms with Gasteiger partial charge in [0.25, 0.3) is 0 Å². The predicted molar refractivity (Wildman–Crippen MR) is 113 cm³/mol. The highest BCUT2D eigenvalue weighted by Gasteiger charge is 2.31. The largest absolute Gasteiger partial charge is 0.510 e. The van der Waals surface area contributed by atoms with Crippen LogP contribution in [0.3, 0.4) is 0 Å². The van der Waals surface area contributed by atoms with E-state index in [-0.39, 0.29) is 5.76 Å². The van der Waals surface area contributed by atoms with Crippen LogP contribution in [0.15, 0.2) is 54.3 Å². The van der Waals surface area contributed by atoms with Gasteiger partial charge in [-0.3, -0.25) is 5.41 Å². The fourth-order valence-electron chi connectivity index (χ4n) is 3.30. The summed E-state index contributed by atoms with van der Waals surface area (Å²) in [5.41, 5.74) is 5.74. The van der Waals surface area contributed by atoms with Crippen molar-refractivity contribution < 1.29 is 5.11 Å². The maximum Gasteiger partial charge on any atom is 0.139 e. The zero-order valence-corrected chi connectivity index (χ0v) is 16.4. The molecule has 0 amide bonds. The van der Waals surface area contributed by atoms with Gasteiger partial charge in [-0.25, -0.2) is 4.98 Å². The number of aryl methyl sites for hydroxylation is 3. The first-order valence-corrected chi connectivity index (χ1v) is 9.66. The van der Waals surface area contributed by atoms with Gasteiger partial charge < -0.3 is 10.0 Å². The molecule has 0 bridgehead atoms. The Labute approximate surface area is 163 Å². The minimum Gasteiger partial charge on any atom is -0.510 e. The second-order valence-electron chi connectivity index (χ2n) is 6.89. The molecule has 0 atom stereocenters. The van der Waals surface area contributed by atoms with Crippen molar-refractivity contribution in [3.63, 3.8) is 0 Å². The Morgan fingerprint density at radius 2 is 1.78 bits per heavy atom. The molecule has 1 aliphatic rings. The smallest absolute Gasteiger partial charge is 0.139 e. The molecule has 0 saturated carbocycles. The van der Waals surface area contributed by atoms with E-state index in [1.54, 1.807) is 0 Å². The molecule has 5 heteroatoms. The van der Waals surface area contributed by atoms with Crippen LogP contribution < -0.4 is 4.90 Å². The van der Waals surface area contributed by atoms with Crippen molar-refractivity contribution in [3.05, 3.63) is 75.3 Å². The maximum atomic E-state index is 10.6. The third-order valence-corrected chi connectivity index (χ3v) is 5.74. The third kappa shape index (κ3) is 3.15. The summed E-state index contributed by atoms with van der Waals surface area (Å²) >= 11 is 1.52. The van der Waals surface area contributed by atoms with Crippen molar-refractivity contribution >= 4 is 28.4 Å². The molecular formula is C22H21N3OS. The Bertz CT molecular complexity index is 1060. The molecule has 0 aliphatic carbocycles. The molecular weight excluding hydrogens is 354 g/mol. The first kappa shape index (κ1) is 17.5. The van der Waals surface area contributed by atoms with Gasteiger partial charge in [0.05, 0.1) is 17.8 Å². The van der Waals surface area contributed by atoms with Crippen LogP contribution in [0.2, 0.25) is 0 Å². The van der Waals surface area contributed by atoms with E-state index >= 15 is 0 Å². The fraction of sp³-hybridized carbons (Fsp3) is 0.182. The third-order valence-electron chi connectivity index (χ3n) is 4.75. The number of anilines is 1. The van der Waals surface area contributed by atoms with Crippen LogP contribution in [0.1, 0.15) is 21.0 Å². The highest BCUT2D eigenvalue weighted by atomic mass is 32.1. The number of hydrogen-bond acceptors (Lipinski definition) is 4. The zero-order valence-electron chi connectivity index (χ0n) is 15.6. The van der Waals surface area contributed by atoms with E-state index in [0.29, 0.717) is 23.0 Å². The normalized spacial score (nSPS) is 14.3. The van der Waals surface area contributed by atoms with Gasteiger partial charge >= 0.3 is 0 Å². The molecule has 1 aromatic heterocycles. The molecule has 0 saturated heterocycles. The van der Waals surface area contributed by atoms with Gasteiger partial charge in [-0.05, 0) is 38.5 Å². The molecule has 0 radical (unpaired) electrons. The summed E-state index contributed by atoms with van der Waals surface area (Å²) in [6, 6.07) is 16.2. The molecule has 0 spiro atoms. The predicted octanol–water partition coefficient (Wildman–Crippen LogP) is 5.50. The standard InChI is InChI=1S/C22H21N3OS/c1-13-7-9-16(10-8-13)20-15(3)27-22(24-20)19-18(26)12-25(21(19)23)17-6-4-5-14(2)11-17/h4-11,23,26H,12H2,1-3H3. The van der Waals surface area contributed by atoms with E-state index in [1.807, 2.05) is 43.0 Å². The van der Waals surface area contributed by atoms with Gasteiger partial charge in [-0.1, -0.05) is 42.0 Å². The number of benzene rings is 2. The second kappa shape index (κ2) is 6.67. The van der Waals surface area contributed by atoms with Crippen molar-refractivity contribution in [2.24, 2.45) is 0 Å². The number of amidine groups is 1. The number of thiazole rings is 1. The average Bonchev–Trinajstić information content (AvgIpc) is 3.15. The number of rotatable bonds is 3.